The molecule has 5 unspecified atom stereocenters. The molecular formula is C11H15N3O7. The van der Waals surface area contributed by atoms with Gasteiger partial charge in [-0.1, -0.05) is 0 Å². The first-order chi connectivity index (χ1) is 9.73. The quantitative estimate of drug-likeness (QED) is 0.383. The fourth-order valence-corrected chi connectivity index (χ4v) is 2.11. The smallest absolute Gasteiger partial charge is 0.330 e. The van der Waals surface area contributed by atoms with Crippen LogP contribution in [0.5, 0.6) is 0 Å². The van der Waals surface area contributed by atoms with Crippen molar-refractivity contribution in [1.29, 1.82) is 0 Å². The van der Waals surface area contributed by atoms with Gasteiger partial charge in [0, 0.05) is 11.8 Å². The summed E-state index contributed by atoms with van der Waals surface area (Å²) in [6, 6.07) is 0. The summed E-state index contributed by atoms with van der Waals surface area (Å²) in [6.45, 7) is 1.43. The standard InChI is InChI=1S/C11H15N3O7/c1-3-2-14(11(20)13-9(3)19)10-5(16)4(15)7(21-10)6(17)8(12)18/h2,4-7,10,15-17H,1H3,(H2,12,18)(H,13,19,20). The minimum absolute atomic E-state index is 0.179. The van der Waals surface area contributed by atoms with Crippen molar-refractivity contribution in [1.82, 2.24) is 9.55 Å². The van der Waals surface area contributed by atoms with Gasteiger partial charge in [0.25, 0.3) is 5.56 Å². The lowest BCUT2D eigenvalue weighted by molar-refractivity contribution is -0.140. The van der Waals surface area contributed by atoms with Crippen molar-refractivity contribution >= 4 is 5.91 Å². The zero-order chi connectivity index (χ0) is 15.9. The third-order valence-electron chi connectivity index (χ3n) is 3.30. The van der Waals surface area contributed by atoms with Crippen LogP contribution >= 0.6 is 0 Å². The number of carbonyl (C=O) groups is 1. The average molecular weight is 301 g/mol. The highest BCUT2D eigenvalue weighted by atomic mass is 16.6. The van der Waals surface area contributed by atoms with E-state index in [1.54, 1.807) is 0 Å². The van der Waals surface area contributed by atoms with E-state index in [0.29, 0.717) is 0 Å². The van der Waals surface area contributed by atoms with Crippen LogP contribution in [0.1, 0.15) is 11.8 Å². The second-order valence-corrected chi connectivity index (χ2v) is 4.80. The summed E-state index contributed by atoms with van der Waals surface area (Å²) in [5, 5.41) is 29.2. The number of nitrogens with two attached hydrogens (primary N) is 1. The van der Waals surface area contributed by atoms with Crippen molar-refractivity contribution in [2.24, 2.45) is 5.73 Å². The Hall–Kier alpha value is -2.01. The molecule has 0 spiro atoms. The van der Waals surface area contributed by atoms with E-state index in [2.05, 4.69) is 0 Å². The van der Waals surface area contributed by atoms with Crippen LogP contribution in [0.15, 0.2) is 15.8 Å². The van der Waals surface area contributed by atoms with Crippen molar-refractivity contribution in [3.05, 3.63) is 32.6 Å². The summed E-state index contributed by atoms with van der Waals surface area (Å²) >= 11 is 0. The SMILES string of the molecule is Cc1cn(C2OC(C(O)C(N)=O)C(O)C2O)c(=O)[nH]c1=O. The van der Waals surface area contributed by atoms with E-state index in [1.807, 2.05) is 4.98 Å². The summed E-state index contributed by atoms with van der Waals surface area (Å²) in [5.74, 6) is -1.14. The van der Waals surface area contributed by atoms with Gasteiger partial charge in [-0.05, 0) is 6.92 Å². The van der Waals surface area contributed by atoms with Crippen LogP contribution in [0.25, 0.3) is 0 Å². The number of hydrogen-bond donors (Lipinski definition) is 5. The molecule has 0 bridgehead atoms. The fraction of sp³-hybridized carbons (Fsp3) is 0.545. The summed E-state index contributed by atoms with van der Waals surface area (Å²) in [7, 11) is 0. The molecule has 1 saturated heterocycles. The molecule has 21 heavy (non-hydrogen) atoms. The van der Waals surface area contributed by atoms with E-state index in [0.717, 1.165) is 10.8 Å². The molecule has 10 heteroatoms. The normalized spacial score (nSPS) is 30.3. The molecule has 1 fully saturated rings. The number of nitrogens with zero attached hydrogens (tertiary/aromatic N) is 1. The zero-order valence-electron chi connectivity index (χ0n) is 11.0. The molecule has 2 rings (SSSR count). The molecule has 1 aromatic rings. The lowest BCUT2D eigenvalue weighted by Crippen LogP contribution is -2.45. The Bertz CT molecular complexity index is 667. The maximum atomic E-state index is 11.7. The second kappa shape index (κ2) is 5.41. The van der Waals surface area contributed by atoms with Gasteiger partial charge >= 0.3 is 5.69 Å². The number of aromatic nitrogens is 2. The Labute approximate surface area is 117 Å². The van der Waals surface area contributed by atoms with Crippen molar-refractivity contribution < 1.29 is 24.9 Å². The maximum Gasteiger partial charge on any atom is 0.330 e. The first-order valence-electron chi connectivity index (χ1n) is 6.05. The summed E-state index contributed by atoms with van der Waals surface area (Å²) in [6.07, 6.45) is -6.78. The monoisotopic (exact) mass is 301 g/mol. The molecule has 0 aromatic carbocycles. The number of primary amides is 1. The molecule has 0 aliphatic carbocycles. The number of nitrogens with one attached hydrogen (secondary N) is 1. The van der Waals surface area contributed by atoms with Gasteiger partial charge in [0.05, 0.1) is 0 Å². The Morgan fingerprint density at radius 1 is 1.43 bits per heavy atom. The number of ether oxygens (including phenoxy) is 1. The van der Waals surface area contributed by atoms with E-state index >= 15 is 0 Å². The Balaban J connectivity index is 2.38. The largest absolute Gasteiger partial charge is 0.387 e. The number of aliphatic hydroxyl groups is 3. The van der Waals surface area contributed by atoms with Gasteiger partial charge in [-0.3, -0.25) is 19.1 Å². The fourth-order valence-electron chi connectivity index (χ4n) is 2.11. The Morgan fingerprint density at radius 2 is 2.05 bits per heavy atom. The van der Waals surface area contributed by atoms with Crippen LogP contribution in [0.4, 0.5) is 0 Å². The van der Waals surface area contributed by atoms with E-state index in [-0.39, 0.29) is 5.56 Å². The van der Waals surface area contributed by atoms with Crippen molar-refractivity contribution in [2.75, 3.05) is 0 Å². The minimum atomic E-state index is -1.85. The number of aryl methyl sites for hydroxylation is 1. The van der Waals surface area contributed by atoms with E-state index in [1.165, 1.54) is 6.92 Å². The molecule has 116 valence electrons. The van der Waals surface area contributed by atoms with Gasteiger partial charge in [-0.25, -0.2) is 4.79 Å². The number of rotatable bonds is 3. The van der Waals surface area contributed by atoms with Crippen molar-refractivity contribution in [3.8, 4) is 0 Å². The third-order valence-corrected chi connectivity index (χ3v) is 3.30. The number of aromatic amines is 1. The summed E-state index contributed by atoms with van der Waals surface area (Å²) in [4.78, 5) is 36.0. The predicted molar refractivity (Wildman–Crippen MR) is 67.2 cm³/mol. The number of aliphatic hydroxyl groups excluding tert-OH is 3. The minimum Gasteiger partial charge on any atom is -0.387 e. The molecule has 6 N–H and O–H groups in total. The molecule has 1 amide bonds. The van der Waals surface area contributed by atoms with Crippen molar-refractivity contribution in [2.45, 2.75) is 37.6 Å². The molecular weight excluding hydrogens is 286 g/mol. The molecule has 0 radical (unpaired) electrons. The lowest BCUT2D eigenvalue weighted by atomic mass is 10.1. The Morgan fingerprint density at radius 3 is 2.62 bits per heavy atom. The Kier molecular flexibility index (Phi) is 3.96. The van der Waals surface area contributed by atoms with E-state index < -0.39 is 47.8 Å². The number of H-pyrrole nitrogens is 1. The van der Waals surface area contributed by atoms with Crippen LogP contribution in [0.2, 0.25) is 0 Å². The highest BCUT2D eigenvalue weighted by Gasteiger charge is 2.48. The molecule has 1 aromatic heterocycles. The zero-order valence-corrected chi connectivity index (χ0v) is 11.0. The van der Waals surface area contributed by atoms with Gasteiger partial charge in [-0.2, -0.15) is 0 Å². The van der Waals surface area contributed by atoms with Crippen LogP contribution in [0, 0.1) is 6.92 Å². The average Bonchev–Trinajstić information content (AvgIpc) is 2.70. The van der Waals surface area contributed by atoms with Crippen LogP contribution in [-0.2, 0) is 9.53 Å². The maximum absolute atomic E-state index is 11.7. The van der Waals surface area contributed by atoms with Gasteiger partial charge in [0.2, 0.25) is 5.91 Å². The molecule has 1 aliphatic rings. The van der Waals surface area contributed by atoms with E-state index in [9.17, 15) is 29.7 Å². The number of carbonyl (C=O) groups excluding carboxylic acids is 1. The van der Waals surface area contributed by atoms with Crippen LogP contribution < -0.4 is 17.0 Å². The lowest BCUT2D eigenvalue weighted by Gasteiger charge is -2.18. The highest BCUT2D eigenvalue weighted by molar-refractivity contribution is 5.79. The molecule has 5 atom stereocenters. The highest BCUT2D eigenvalue weighted by Crippen LogP contribution is 2.30. The summed E-state index contributed by atoms with van der Waals surface area (Å²) < 4.78 is 6.02. The number of hydrogen-bond acceptors (Lipinski definition) is 7. The third kappa shape index (κ3) is 2.61. The topological polar surface area (TPSA) is 168 Å². The van der Waals surface area contributed by atoms with Gasteiger partial charge < -0.3 is 25.8 Å². The molecule has 10 nitrogen and oxygen atoms in total. The predicted octanol–water partition coefficient (Wildman–Crippen LogP) is -3.69. The molecule has 2 heterocycles. The first-order valence-corrected chi connectivity index (χ1v) is 6.05. The van der Waals surface area contributed by atoms with Gasteiger partial charge in [-0.15, -0.1) is 0 Å². The first kappa shape index (κ1) is 15.4. The summed E-state index contributed by atoms with van der Waals surface area (Å²) in [5.41, 5.74) is 3.62. The molecule has 1 aliphatic heterocycles. The van der Waals surface area contributed by atoms with Gasteiger partial charge in [0.1, 0.15) is 18.3 Å². The van der Waals surface area contributed by atoms with Gasteiger partial charge in [0.15, 0.2) is 12.3 Å². The van der Waals surface area contributed by atoms with Crippen LogP contribution in [0.3, 0.4) is 0 Å². The number of amides is 1. The van der Waals surface area contributed by atoms with Crippen molar-refractivity contribution in [3.63, 3.8) is 0 Å². The van der Waals surface area contributed by atoms with Crippen LogP contribution in [-0.4, -0.2) is 55.2 Å². The van der Waals surface area contributed by atoms with E-state index in [4.69, 9.17) is 10.5 Å². The second-order valence-electron chi connectivity index (χ2n) is 4.80. The molecule has 0 saturated carbocycles.